The second-order valence-electron chi connectivity index (χ2n) is 9.01. The van der Waals surface area contributed by atoms with Crippen LogP contribution in [0.3, 0.4) is 0 Å². The standard InChI is InChI=1S/C31H34O5/c1-4-22-9-15-28-25(19-22)11-10-24-18-21(3)6-14-27(24)30(28)36-17-16-35-26-12-7-23(8-13-26)20-29(31(32)33)34-5-2/h6-15,18-19,29-30H,4-5,16-17,20H2,1-3H3,(H,32,33). The van der Waals surface area contributed by atoms with Crippen LogP contribution >= 0.6 is 0 Å². The van der Waals surface area contributed by atoms with E-state index < -0.39 is 12.1 Å². The van der Waals surface area contributed by atoms with Crippen LogP contribution in [-0.2, 0) is 27.1 Å². The number of benzene rings is 3. The van der Waals surface area contributed by atoms with Gasteiger partial charge in [-0.3, -0.25) is 0 Å². The van der Waals surface area contributed by atoms with Crippen molar-refractivity contribution in [3.05, 3.63) is 99.6 Å². The first kappa shape index (κ1) is 25.7. The third kappa shape index (κ3) is 6.23. The average molecular weight is 487 g/mol. The fraction of sp³-hybridized carbons (Fsp3) is 0.323. The average Bonchev–Trinajstić information content (AvgIpc) is 3.03. The van der Waals surface area contributed by atoms with Gasteiger partial charge in [-0.2, -0.15) is 0 Å². The predicted octanol–water partition coefficient (Wildman–Crippen LogP) is 6.26. The Bertz CT molecular complexity index is 1210. The van der Waals surface area contributed by atoms with Crippen LogP contribution in [0.2, 0.25) is 0 Å². The van der Waals surface area contributed by atoms with Gasteiger partial charge in [0, 0.05) is 13.0 Å². The van der Waals surface area contributed by atoms with Crippen molar-refractivity contribution in [1.82, 2.24) is 0 Å². The molecular formula is C31H34O5. The minimum absolute atomic E-state index is 0.172. The molecule has 3 aromatic carbocycles. The number of rotatable bonds is 11. The highest BCUT2D eigenvalue weighted by Gasteiger charge is 2.23. The molecule has 0 fully saturated rings. The number of aliphatic carboxylic acids is 1. The highest BCUT2D eigenvalue weighted by molar-refractivity contribution is 5.76. The van der Waals surface area contributed by atoms with Gasteiger partial charge in [0.05, 0.1) is 6.61 Å². The first-order chi connectivity index (χ1) is 17.5. The summed E-state index contributed by atoms with van der Waals surface area (Å²) in [5, 5.41) is 9.28. The zero-order valence-electron chi connectivity index (χ0n) is 21.2. The molecule has 0 heterocycles. The molecule has 0 aromatic heterocycles. The molecule has 4 rings (SSSR count). The molecule has 188 valence electrons. The van der Waals surface area contributed by atoms with E-state index in [9.17, 15) is 9.90 Å². The largest absolute Gasteiger partial charge is 0.491 e. The van der Waals surface area contributed by atoms with Crippen LogP contribution in [0.4, 0.5) is 0 Å². The zero-order valence-corrected chi connectivity index (χ0v) is 21.2. The molecule has 0 amide bonds. The summed E-state index contributed by atoms with van der Waals surface area (Å²) in [6, 6.07) is 20.6. The molecule has 0 saturated heterocycles. The van der Waals surface area contributed by atoms with E-state index >= 15 is 0 Å². The highest BCUT2D eigenvalue weighted by Crippen LogP contribution is 2.36. The Morgan fingerprint density at radius 3 is 2.22 bits per heavy atom. The zero-order chi connectivity index (χ0) is 25.5. The monoisotopic (exact) mass is 486 g/mol. The minimum atomic E-state index is -0.952. The van der Waals surface area contributed by atoms with Gasteiger partial charge in [0.15, 0.2) is 6.10 Å². The second kappa shape index (κ2) is 12.0. The van der Waals surface area contributed by atoms with Crippen molar-refractivity contribution in [2.75, 3.05) is 19.8 Å². The van der Waals surface area contributed by atoms with Crippen molar-refractivity contribution in [1.29, 1.82) is 0 Å². The summed E-state index contributed by atoms with van der Waals surface area (Å²) < 4.78 is 17.7. The number of carbonyl (C=O) groups is 1. The molecule has 3 aromatic rings. The molecule has 1 N–H and O–H groups in total. The number of ether oxygens (including phenoxy) is 3. The maximum absolute atomic E-state index is 11.3. The summed E-state index contributed by atoms with van der Waals surface area (Å²) in [4.78, 5) is 11.3. The summed E-state index contributed by atoms with van der Waals surface area (Å²) in [7, 11) is 0. The normalized spacial score (nSPS) is 15.0. The Hall–Kier alpha value is -3.41. The molecule has 0 spiro atoms. The quantitative estimate of drug-likeness (QED) is 0.324. The van der Waals surface area contributed by atoms with Crippen molar-refractivity contribution in [3.63, 3.8) is 0 Å². The molecule has 1 aliphatic carbocycles. The Kier molecular flexibility index (Phi) is 8.57. The molecule has 0 aliphatic heterocycles. The predicted molar refractivity (Wildman–Crippen MR) is 142 cm³/mol. The van der Waals surface area contributed by atoms with E-state index in [0.29, 0.717) is 26.2 Å². The molecule has 0 saturated carbocycles. The summed E-state index contributed by atoms with van der Waals surface area (Å²) in [5.74, 6) is -0.232. The molecule has 0 bridgehead atoms. The van der Waals surface area contributed by atoms with Crippen LogP contribution in [-0.4, -0.2) is 37.0 Å². The SMILES string of the molecule is CCOC(Cc1ccc(OCCOC2c3ccc(C)cc3C=Cc3cc(CC)ccc32)cc1)C(=O)O. The lowest BCUT2D eigenvalue weighted by molar-refractivity contribution is -0.149. The van der Waals surface area contributed by atoms with Crippen LogP contribution in [0.15, 0.2) is 60.7 Å². The van der Waals surface area contributed by atoms with Gasteiger partial charge in [0.25, 0.3) is 0 Å². The first-order valence-electron chi connectivity index (χ1n) is 12.6. The summed E-state index contributed by atoms with van der Waals surface area (Å²) in [6.45, 7) is 7.27. The Balaban J connectivity index is 1.41. The number of fused-ring (bicyclic) bond motifs is 2. The van der Waals surface area contributed by atoms with E-state index in [-0.39, 0.29) is 6.10 Å². The highest BCUT2D eigenvalue weighted by atomic mass is 16.5. The lowest BCUT2D eigenvalue weighted by Gasteiger charge is -2.22. The van der Waals surface area contributed by atoms with Crippen molar-refractivity contribution >= 4 is 18.1 Å². The number of hydrogen-bond donors (Lipinski definition) is 1. The lowest BCUT2D eigenvalue weighted by Crippen LogP contribution is -2.26. The summed E-state index contributed by atoms with van der Waals surface area (Å²) >= 11 is 0. The van der Waals surface area contributed by atoms with E-state index in [1.54, 1.807) is 6.92 Å². The topological polar surface area (TPSA) is 65.0 Å². The van der Waals surface area contributed by atoms with Crippen molar-refractivity contribution in [2.45, 2.75) is 45.8 Å². The summed E-state index contributed by atoms with van der Waals surface area (Å²) in [6.07, 6.45) is 4.67. The van der Waals surface area contributed by atoms with E-state index in [4.69, 9.17) is 14.2 Å². The molecule has 36 heavy (non-hydrogen) atoms. The molecular weight excluding hydrogens is 452 g/mol. The molecule has 2 unspecified atom stereocenters. The van der Waals surface area contributed by atoms with Gasteiger partial charge in [0.2, 0.25) is 0 Å². The Labute approximate surface area is 213 Å². The van der Waals surface area contributed by atoms with E-state index in [1.165, 1.54) is 22.3 Å². The van der Waals surface area contributed by atoms with Gasteiger partial charge in [-0.25, -0.2) is 4.79 Å². The van der Waals surface area contributed by atoms with E-state index in [0.717, 1.165) is 28.9 Å². The maximum Gasteiger partial charge on any atom is 0.333 e. The van der Waals surface area contributed by atoms with Crippen LogP contribution < -0.4 is 4.74 Å². The molecule has 5 heteroatoms. The Morgan fingerprint density at radius 2 is 1.56 bits per heavy atom. The van der Waals surface area contributed by atoms with Crippen molar-refractivity contribution < 1.29 is 24.1 Å². The van der Waals surface area contributed by atoms with Gasteiger partial charge < -0.3 is 19.3 Å². The van der Waals surface area contributed by atoms with E-state index in [1.807, 2.05) is 24.3 Å². The third-order valence-corrected chi connectivity index (χ3v) is 6.43. The van der Waals surface area contributed by atoms with Crippen LogP contribution in [0, 0.1) is 6.92 Å². The molecule has 5 nitrogen and oxygen atoms in total. The second-order valence-corrected chi connectivity index (χ2v) is 9.01. The van der Waals surface area contributed by atoms with E-state index in [2.05, 4.69) is 62.4 Å². The number of carboxylic acid groups (broad SMARTS) is 1. The van der Waals surface area contributed by atoms with Crippen LogP contribution in [0.25, 0.3) is 12.2 Å². The number of carboxylic acids is 1. The van der Waals surface area contributed by atoms with Crippen LogP contribution in [0.5, 0.6) is 5.75 Å². The van der Waals surface area contributed by atoms with Gasteiger partial charge in [0.1, 0.15) is 18.5 Å². The summed E-state index contributed by atoms with van der Waals surface area (Å²) in [5.41, 5.74) is 8.11. The first-order valence-corrected chi connectivity index (χ1v) is 12.6. The van der Waals surface area contributed by atoms with Crippen molar-refractivity contribution in [3.8, 4) is 5.75 Å². The maximum atomic E-state index is 11.3. The smallest absolute Gasteiger partial charge is 0.333 e. The lowest BCUT2D eigenvalue weighted by atomic mass is 9.94. The van der Waals surface area contributed by atoms with Gasteiger partial charge >= 0.3 is 5.97 Å². The number of aryl methyl sites for hydroxylation is 2. The van der Waals surface area contributed by atoms with Crippen LogP contribution in [0.1, 0.15) is 58.9 Å². The Morgan fingerprint density at radius 1 is 0.889 bits per heavy atom. The fourth-order valence-corrected chi connectivity index (χ4v) is 4.51. The van der Waals surface area contributed by atoms with Gasteiger partial charge in [-0.05, 0) is 65.8 Å². The van der Waals surface area contributed by atoms with Crippen molar-refractivity contribution in [2.24, 2.45) is 0 Å². The van der Waals surface area contributed by atoms with Gasteiger partial charge in [-0.1, -0.05) is 73.2 Å². The molecule has 0 radical (unpaired) electrons. The molecule has 1 aliphatic rings. The number of hydrogen-bond acceptors (Lipinski definition) is 4. The van der Waals surface area contributed by atoms with Gasteiger partial charge in [-0.15, -0.1) is 0 Å². The fourth-order valence-electron chi connectivity index (χ4n) is 4.51. The third-order valence-electron chi connectivity index (χ3n) is 6.43. The molecule has 2 atom stereocenters. The minimum Gasteiger partial charge on any atom is -0.491 e.